The third kappa shape index (κ3) is 2.55. The zero-order chi connectivity index (χ0) is 14.9. The van der Waals surface area contributed by atoms with Crippen LogP contribution in [0.4, 0.5) is 0 Å². The van der Waals surface area contributed by atoms with Gasteiger partial charge in [-0.25, -0.2) is 4.79 Å². The molecule has 1 saturated heterocycles. The smallest absolute Gasteiger partial charge is 0.338 e. The van der Waals surface area contributed by atoms with E-state index in [4.69, 9.17) is 5.11 Å². The van der Waals surface area contributed by atoms with Gasteiger partial charge in [-0.15, -0.1) is 0 Å². The Morgan fingerprint density at radius 2 is 1.38 bits per heavy atom. The number of carboxylic acids is 1. The van der Waals surface area contributed by atoms with Gasteiger partial charge >= 0.3 is 5.97 Å². The summed E-state index contributed by atoms with van der Waals surface area (Å²) < 4.78 is 0. The minimum Gasteiger partial charge on any atom is -0.479 e. The maximum Gasteiger partial charge on any atom is 0.338 e. The predicted molar refractivity (Wildman–Crippen MR) is 78.9 cm³/mol. The zero-order valence-corrected chi connectivity index (χ0v) is 11.5. The lowest BCUT2D eigenvalue weighted by atomic mass is 9.87. The minimum absolute atomic E-state index is 0.0352. The second-order valence-electron chi connectivity index (χ2n) is 5.47. The molecule has 4 nitrogen and oxygen atoms in total. The summed E-state index contributed by atoms with van der Waals surface area (Å²) in [5.41, 5.74) is 0.564. The molecule has 1 heterocycles. The lowest BCUT2D eigenvalue weighted by molar-refractivity contribution is -0.180. The highest BCUT2D eigenvalue weighted by Crippen LogP contribution is 2.35. The van der Waals surface area contributed by atoms with Crippen LogP contribution in [0.1, 0.15) is 17.2 Å². The number of benzene rings is 2. The average molecular weight is 283 g/mol. The third-order valence-electron chi connectivity index (χ3n) is 3.92. The lowest BCUT2D eigenvalue weighted by Gasteiger charge is -2.47. The summed E-state index contributed by atoms with van der Waals surface area (Å²) in [7, 11) is 0. The van der Waals surface area contributed by atoms with E-state index in [1.807, 2.05) is 65.6 Å². The van der Waals surface area contributed by atoms with Crippen molar-refractivity contribution in [1.82, 2.24) is 4.90 Å². The van der Waals surface area contributed by atoms with Gasteiger partial charge < -0.3 is 10.2 Å². The Balaban J connectivity index is 1.91. The van der Waals surface area contributed by atoms with Crippen molar-refractivity contribution in [3.63, 3.8) is 0 Å². The van der Waals surface area contributed by atoms with Gasteiger partial charge in [0.05, 0.1) is 6.04 Å². The summed E-state index contributed by atoms with van der Waals surface area (Å²) in [6.45, 7) is 0.271. The van der Waals surface area contributed by atoms with Gasteiger partial charge in [0.15, 0.2) is 5.60 Å². The van der Waals surface area contributed by atoms with Crippen molar-refractivity contribution in [1.29, 1.82) is 0 Å². The molecule has 0 bridgehead atoms. The monoisotopic (exact) mass is 283 g/mol. The summed E-state index contributed by atoms with van der Waals surface area (Å²) >= 11 is 0. The van der Waals surface area contributed by atoms with Crippen LogP contribution in [-0.2, 0) is 4.79 Å². The molecular weight excluding hydrogens is 266 g/mol. The van der Waals surface area contributed by atoms with Gasteiger partial charge in [-0.3, -0.25) is 4.90 Å². The Morgan fingerprint density at radius 3 is 1.76 bits per heavy atom. The fourth-order valence-corrected chi connectivity index (χ4v) is 2.83. The molecule has 0 unspecified atom stereocenters. The van der Waals surface area contributed by atoms with E-state index < -0.39 is 11.6 Å². The minimum atomic E-state index is -1.62. The number of hydrogen-bond donors (Lipinski definition) is 2. The standard InChI is InChI=1S/C17H17NO3/c19-16(20)17(21)11-18(12-17)15(13-7-3-1-4-8-13)14-9-5-2-6-10-14/h1-10,15,21H,11-12H2,(H,19,20). The van der Waals surface area contributed by atoms with E-state index in [9.17, 15) is 9.90 Å². The summed E-state index contributed by atoms with van der Waals surface area (Å²) in [5, 5.41) is 19.0. The van der Waals surface area contributed by atoms with Crippen LogP contribution < -0.4 is 0 Å². The number of aliphatic carboxylic acids is 1. The second-order valence-corrected chi connectivity index (χ2v) is 5.47. The number of carboxylic acid groups (broad SMARTS) is 1. The van der Waals surface area contributed by atoms with E-state index in [2.05, 4.69) is 0 Å². The summed E-state index contributed by atoms with van der Waals surface area (Å²) in [6.07, 6.45) is 0. The van der Waals surface area contributed by atoms with Crippen LogP contribution in [0.3, 0.4) is 0 Å². The molecule has 4 heteroatoms. The predicted octanol–water partition coefficient (Wildman–Crippen LogP) is 1.91. The maximum atomic E-state index is 11.1. The van der Waals surface area contributed by atoms with E-state index in [-0.39, 0.29) is 19.1 Å². The summed E-state index contributed by atoms with van der Waals surface area (Å²) in [6, 6.07) is 19.8. The Hall–Kier alpha value is -2.17. The van der Waals surface area contributed by atoms with Crippen LogP contribution in [0, 0.1) is 0 Å². The average Bonchev–Trinajstić information content (AvgIpc) is 2.47. The molecule has 0 radical (unpaired) electrons. The maximum absolute atomic E-state index is 11.1. The van der Waals surface area contributed by atoms with Crippen molar-refractivity contribution >= 4 is 5.97 Å². The first-order valence-corrected chi connectivity index (χ1v) is 6.90. The molecular formula is C17H17NO3. The van der Waals surface area contributed by atoms with Crippen LogP contribution in [0.25, 0.3) is 0 Å². The number of likely N-dealkylation sites (tertiary alicyclic amines) is 1. The Bertz CT molecular complexity index is 581. The number of aliphatic hydroxyl groups is 1. The van der Waals surface area contributed by atoms with Crippen LogP contribution >= 0.6 is 0 Å². The van der Waals surface area contributed by atoms with Crippen molar-refractivity contribution in [2.75, 3.05) is 13.1 Å². The number of rotatable bonds is 4. The van der Waals surface area contributed by atoms with E-state index in [0.29, 0.717) is 0 Å². The van der Waals surface area contributed by atoms with Gasteiger partial charge in [0.1, 0.15) is 0 Å². The van der Waals surface area contributed by atoms with Gasteiger partial charge in [0, 0.05) is 13.1 Å². The van der Waals surface area contributed by atoms with E-state index in [1.165, 1.54) is 0 Å². The van der Waals surface area contributed by atoms with Gasteiger partial charge in [-0.1, -0.05) is 60.7 Å². The number of carbonyl (C=O) groups is 1. The molecule has 21 heavy (non-hydrogen) atoms. The highest BCUT2D eigenvalue weighted by Gasteiger charge is 2.50. The molecule has 0 atom stereocenters. The molecule has 108 valence electrons. The first-order chi connectivity index (χ1) is 10.1. The molecule has 1 aliphatic rings. The van der Waals surface area contributed by atoms with E-state index in [1.54, 1.807) is 0 Å². The van der Waals surface area contributed by atoms with E-state index >= 15 is 0 Å². The van der Waals surface area contributed by atoms with Gasteiger partial charge in [-0.05, 0) is 11.1 Å². The first-order valence-electron chi connectivity index (χ1n) is 6.90. The van der Waals surface area contributed by atoms with Crippen molar-refractivity contribution in [2.45, 2.75) is 11.6 Å². The molecule has 2 N–H and O–H groups in total. The highest BCUT2D eigenvalue weighted by atomic mass is 16.4. The fraction of sp³-hybridized carbons (Fsp3) is 0.235. The molecule has 1 fully saturated rings. The number of nitrogens with zero attached hydrogens (tertiary/aromatic N) is 1. The molecule has 3 rings (SSSR count). The Morgan fingerprint density at radius 1 is 0.952 bits per heavy atom. The van der Waals surface area contributed by atoms with Crippen molar-refractivity contribution in [3.8, 4) is 0 Å². The number of hydrogen-bond acceptors (Lipinski definition) is 3. The molecule has 0 saturated carbocycles. The topological polar surface area (TPSA) is 60.8 Å². The van der Waals surface area contributed by atoms with Crippen LogP contribution in [0.15, 0.2) is 60.7 Å². The van der Waals surface area contributed by atoms with Crippen LogP contribution in [0.2, 0.25) is 0 Å². The zero-order valence-electron chi connectivity index (χ0n) is 11.5. The van der Waals surface area contributed by atoms with Gasteiger partial charge in [0.2, 0.25) is 0 Å². The lowest BCUT2D eigenvalue weighted by Crippen LogP contribution is -2.66. The quantitative estimate of drug-likeness (QED) is 0.900. The largest absolute Gasteiger partial charge is 0.479 e. The third-order valence-corrected chi connectivity index (χ3v) is 3.92. The van der Waals surface area contributed by atoms with Gasteiger partial charge in [0.25, 0.3) is 0 Å². The molecule has 2 aromatic carbocycles. The van der Waals surface area contributed by atoms with Crippen LogP contribution in [-0.4, -0.2) is 39.8 Å². The Kier molecular flexibility index (Phi) is 3.49. The molecule has 0 aliphatic carbocycles. The van der Waals surface area contributed by atoms with Crippen molar-refractivity contribution < 1.29 is 15.0 Å². The highest BCUT2D eigenvalue weighted by molar-refractivity contribution is 5.79. The SMILES string of the molecule is O=C(O)C1(O)CN(C(c2ccccc2)c2ccccc2)C1. The van der Waals surface area contributed by atoms with Crippen molar-refractivity contribution in [3.05, 3.63) is 71.8 Å². The first kappa shape index (κ1) is 13.8. The van der Waals surface area contributed by atoms with Crippen LogP contribution in [0.5, 0.6) is 0 Å². The normalized spacial score (nSPS) is 17.4. The second kappa shape index (κ2) is 5.31. The Labute approximate surface area is 123 Å². The summed E-state index contributed by atoms with van der Waals surface area (Å²) in [5.74, 6) is -1.15. The van der Waals surface area contributed by atoms with E-state index in [0.717, 1.165) is 11.1 Å². The molecule has 0 aromatic heterocycles. The number of β-amino-alcohol motifs (C(OH)–C–C–N with tert-alkyl or cyclic N) is 1. The molecule has 0 spiro atoms. The molecule has 1 aliphatic heterocycles. The summed E-state index contributed by atoms with van der Waals surface area (Å²) in [4.78, 5) is 13.1. The molecule has 0 amide bonds. The van der Waals surface area contributed by atoms with Gasteiger partial charge in [-0.2, -0.15) is 0 Å². The fourth-order valence-electron chi connectivity index (χ4n) is 2.83. The van der Waals surface area contributed by atoms with Crippen molar-refractivity contribution in [2.24, 2.45) is 0 Å². The molecule has 2 aromatic rings.